The van der Waals surface area contributed by atoms with E-state index in [0.29, 0.717) is 13.0 Å². The Morgan fingerprint density at radius 3 is 2.67 bits per heavy atom. The number of nitrogens with zero attached hydrogens (tertiary/aromatic N) is 1. The molecule has 1 rings (SSSR count). The van der Waals surface area contributed by atoms with Gasteiger partial charge in [-0.2, -0.15) is 0 Å². The molecule has 1 aliphatic rings. The van der Waals surface area contributed by atoms with E-state index in [1.54, 1.807) is 0 Å². The number of rotatable bonds is 1. The molecule has 1 saturated heterocycles. The van der Waals surface area contributed by atoms with Crippen LogP contribution in [-0.4, -0.2) is 28.7 Å². The standard InChI is InChI=1S/C5H10N2O2/c6-7-3-1-2-4(7)5(8)9/h4H,1-3,6H2,(H,8,9). The maximum absolute atomic E-state index is 10.3. The lowest BCUT2D eigenvalue weighted by molar-refractivity contribution is -0.142. The lowest BCUT2D eigenvalue weighted by Gasteiger charge is -2.12. The molecule has 4 nitrogen and oxygen atoms in total. The van der Waals surface area contributed by atoms with E-state index in [9.17, 15) is 4.79 Å². The summed E-state index contributed by atoms with van der Waals surface area (Å²) in [5.41, 5.74) is 0. The Balaban J connectivity index is 2.49. The van der Waals surface area contributed by atoms with Crippen LogP contribution < -0.4 is 5.84 Å². The van der Waals surface area contributed by atoms with E-state index in [1.807, 2.05) is 0 Å². The number of hydrogen-bond acceptors (Lipinski definition) is 3. The molecule has 0 aromatic heterocycles. The van der Waals surface area contributed by atoms with Gasteiger partial charge in [0.25, 0.3) is 0 Å². The molecule has 4 heteroatoms. The first-order valence-electron chi connectivity index (χ1n) is 2.96. The van der Waals surface area contributed by atoms with Crippen LogP contribution in [0.3, 0.4) is 0 Å². The highest BCUT2D eigenvalue weighted by Crippen LogP contribution is 2.12. The predicted octanol–water partition coefficient (Wildman–Crippen LogP) is -0.591. The van der Waals surface area contributed by atoms with Crippen LogP contribution >= 0.6 is 0 Å². The first-order chi connectivity index (χ1) is 4.22. The monoisotopic (exact) mass is 130 g/mol. The fourth-order valence-corrected chi connectivity index (χ4v) is 1.05. The second kappa shape index (κ2) is 2.33. The van der Waals surface area contributed by atoms with E-state index in [1.165, 1.54) is 5.01 Å². The molecule has 0 radical (unpaired) electrons. The van der Waals surface area contributed by atoms with E-state index in [0.717, 1.165) is 6.42 Å². The molecule has 52 valence electrons. The normalized spacial score (nSPS) is 28.8. The third-order valence-corrected chi connectivity index (χ3v) is 1.58. The van der Waals surface area contributed by atoms with Crippen LogP contribution in [0, 0.1) is 0 Å². The zero-order chi connectivity index (χ0) is 6.85. The van der Waals surface area contributed by atoms with Crippen LogP contribution in [0.25, 0.3) is 0 Å². The summed E-state index contributed by atoms with van der Waals surface area (Å²) in [5, 5.41) is 9.84. The molecule has 0 saturated carbocycles. The van der Waals surface area contributed by atoms with Gasteiger partial charge in [-0.25, -0.2) is 5.01 Å². The maximum Gasteiger partial charge on any atom is 0.322 e. The summed E-state index contributed by atoms with van der Waals surface area (Å²) in [6, 6.07) is -0.440. The number of carboxylic acids is 1. The molecule has 0 aromatic rings. The number of hydrazine groups is 1. The van der Waals surface area contributed by atoms with E-state index in [-0.39, 0.29) is 0 Å². The van der Waals surface area contributed by atoms with Gasteiger partial charge in [0.05, 0.1) is 0 Å². The van der Waals surface area contributed by atoms with Gasteiger partial charge in [-0.3, -0.25) is 10.6 Å². The minimum Gasteiger partial charge on any atom is -0.480 e. The van der Waals surface area contributed by atoms with E-state index >= 15 is 0 Å². The Labute approximate surface area is 53.2 Å². The zero-order valence-corrected chi connectivity index (χ0v) is 5.08. The second-order valence-electron chi connectivity index (χ2n) is 2.23. The van der Waals surface area contributed by atoms with E-state index < -0.39 is 12.0 Å². The molecular weight excluding hydrogens is 120 g/mol. The summed E-state index contributed by atoms with van der Waals surface area (Å²) < 4.78 is 0. The molecule has 3 N–H and O–H groups in total. The highest BCUT2D eigenvalue weighted by Gasteiger charge is 2.27. The molecule has 0 bridgehead atoms. The van der Waals surface area contributed by atoms with Crippen molar-refractivity contribution >= 4 is 5.97 Å². The zero-order valence-electron chi connectivity index (χ0n) is 5.08. The quantitative estimate of drug-likeness (QED) is 0.465. The van der Waals surface area contributed by atoms with Gasteiger partial charge < -0.3 is 5.11 Å². The summed E-state index contributed by atoms with van der Waals surface area (Å²) >= 11 is 0. The largest absolute Gasteiger partial charge is 0.480 e. The molecule has 0 amide bonds. The van der Waals surface area contributed by atoms with Crippen molar-refractivity contribution < 1.29 is 9.90 Å². The van der Waals surface area contributed by atoms with Gasteiger partial charge in [0.2, 0.25) is 0 Å². The van der Waals surface area contributed by atoms with Gasteiger partial charge in [0.1, 0.15) is 6.04 Å². The summed E-state index contributed by atoms with van der Waals surface area (Å²) in [5.74, 6) is 4.52. The van der Waals surface area contributed by atoms with Crippen molar-refractivity contribution in [1.82, 2.24) is 5.01 Å². The Kier molecular flexibility index (Phi) is 1.68. The lowest BCUT2D eigenvalue weighted by atomic mass is 10.2. The van der Waals surface area contributed by atoms with Crippen molar-refractivity contribution in [2.75, 3.05) is 6.54 Å². The van der Waals surface area contributed by atoms with Gasteiger partial charge in [-0.05, 0) is 12.8 Å². The predicted molar refractivity (Wildman–Crippen MR) is 31.6 cm³/mol. The lowest BCUT2D eigenvalue weighted by Crippen LogP contribution is -2.40. The molecule has 1 fully saturated rings. The van der Waals surface area contributed by atoms with Crippen LogP contribution in [0.5, 0.6) is 0 Å². The molecule has 0 aliphatic carbocycles. The smallest absolute Gasteiger partial charge is 0.322 e. The van der Waals surface area contributed by atoms with Crippen LogP contribution in [0.2, 0.25) is 0 Å². The number of nitrogens with two attached hydrogens (primary N) is 1. The van der Waals surface area contributed by atoms with Crippen LogP contribution in [0.4, 0.5) is 0 Å². The Hall–Kier alpha value is -0.610. The van der Waals surface area contributed by atoms with Crippen molar-refractivity contribution in [3.63, 3.8) is 0 Å². The van der Waals surface area contributed by atoms with Crippen LogP contribution in [-0.2, 0) is 4.79 Å². The summed E-state index contributed by atoms with van der Waals surface area (Å²) in [4.78, 5) is 10.3. The Morgan fingerprint density at radius 2 is 2.44 bits per heavy atom. The molecule has 1 unspecified atom stereocenters. The van der Waals surface area contributed by atoms with Crippen molar-refractivity contribution in [3.05, 3.63) is 0 Å². The van der Waals surface area contributed by atoms with Gasteiger partial charge in [0, 0.05) is 6.54 Å². The highest BCUT2D eigenvalue weighted by molar-refractivity contribution is 5.73. The second-order valence-corrected chi connectivity index (χ2v) is 2.23. The van der Waals surface area contributed by atoms with Crippen molar-refractivity contribution in [3.8, 4) is 0 Å². The number of carbonyl (C=O) groups is 1. The molecule has 0 spiro atoms. The topological polar surface area (TPSA) is 66.6 Å². The number of aliphatic carboxylic acids is 1. The van der Waals surface area contributed by atoms with Crippen molar-refractivity contribution in [2.24, 2.45) is 5.84 Å². The van der Waals surface area contributed by atoms with Gasteiger partial charge >= 0.3 is 5.97 Å². The highest BCUT2D eigenvalue weighted by atomic mass is 16.4. The SMILES string of the molecule is NN1CCCC1C(=O)O. The molecule has 9 heavy (non-hydrogen) atoms. The third-order valence-electron chi connectivity index (χ3n) is 1.58. The molecule has 1 atom stereocenters. The number of carboxylic acid groups (broad SMARTS) is 1. The fourth-order valence-electron chi connectivity index (χ4n) is 1.05. The molecule has 1 heterocycles. The first kappa shape index (κ1) is 6.51. The maximum atomic E-state index is 10.3. The summed E-state index contributed by atoms with van der Waals surface area (Å²) in [6.45, 7) is 0.705. The van der Waals surface area contributed by atoms with Crippen molar-refractivity contribution in [1.29, 1.82) is 0 Å². The van der Waals surface area contributed by atoms with E-state index in [2.05, 4.69) is 0 Å². The third kappa shape index (κ3) is 1.20. The van der Waals surface area contributed by atoms with Gasteiger partial charge in [-0.15, -0.1) is 0 Å². The fraction of sp³-hybridized carbons (Fsp3) is 0.800. The first-order valence-corrected chi connectivity index (χ1v) is 2.96. The summed E-state index contributed by atoms with van der Waals surface area (Å²) in [6.07, 6.45) is 1.58. The average molecular weight is 130 g/mol. The van der Waals surface area contributed by atoms with E-state index in [4.69, 9.17) is 10.9 Å². The van der Waals surface area contributed by atoms with Crippen LogP contribution in [0.1, 0.15) is 12.8 Å². The van der Waals surface area contributed by atoms with Crippen molar-refractivity contribution in [2.45, 2.75) is 18.9 Å². The van der Waals surface area contributed by atoms with Gasteiger partial charge in [0.15, 0.2) is 0 Å². The van der Waals surface area contributed by atoms with Gasteiger partial charge in [-0.1, -0.05) is 0 Å². The Morgan fingerprint density at radius 1 is 1.78 bits per heavy atom. The minimum absolute atomic E-state index is 0.440. The van der Waals surface area contributed by atoms with Crippen LogP contribution in [0.15, 0.2) is 0 Å². The molecular formula is C5H10N2O2. The Bertz CT molecular complexity index is 126. The number of hydrogen-bond donors (Lipinski definition) is 2. The summed E-state index contributed by atoms with van der Waals surface area (Å²) in [7, 11) is 0. The molecule has 0 aromatic carbocycles. The average Bonchev–Trinajstić information content (AvgIpc) is 2.13. The molecule has 1 aliphatic heterocycles. The minimum atomic E-state index is -0.810.